The molecule has 236 valence electrons. The average Bonchev–Trinajstić information content (AvgIpc) is 3.60. The average molecular weight is 637 g/mol. The quantitative estimate of drug-likeness (QED) is 0.235. The Hall–Kier alpha value is -5.02. The van der Waals surface area contributed by atoms with Crippen molar-refractivity contribution in [2.24, 2.45) is 0 Å². The van der Waals surface area contributed by atoms with Crippen LogP contribution in [-0.4, -0.2) is 96.1 Å². The van der Waals surface area contributed by atoms with Gasteiger partial charge in [0.2, 0.25) is 0 Å². The zero-order valence-electron chi connectivity index (χ0n) is 24.2. The number of nitro groups is 1. The number of urea groups is 1. The second kappa shape index (κ2) is 14.2. The van der Waals surface area contributed by atoms with Gasteiger partial charge in [0.1, 0.15) is 0 Å². The number of carboxylic acids is 1. The predicted octanol–water partition coefficient (Wildman–Crippen LogP) is 3.43. The molecule has 5 rings (SSSR count). The van der Waals surface area contributed by atoms with Crippen LogP contribution in [0.4, 0.5) is 21.9 Å². The number of nitrogens with one attached hydrogen (secondary N) is 2. The Kier molecular flexibility index (Phi) is 9.89. The fraction of sp³-hybridized carbons (Fsp3) is 0.333. The monoisotopic (exact) mass is 636 g/mol. The van der Waals surface area contributed by atoms with Crippen molar-refractivity contribution in [1.29, 1.82) is 0 Å². The molecule has 1 aromatic heterocycles. The predicted molar refractivity (Wildman–Crippen MR) is 166 cm³/mol. The van der Waals surface area contributed by atoms with Crippen LogP contribution in [0.25, 0.3) is 0 Å². The Morgan fingerprint density at radius 1 is 0.911 bits per heavy atom. The van der Waals surface area contributed by atoms with E-state index in [-0.39, 0.29) is 29.3 Å². The molecule has 14 nitrogen and oxygen atoms in total. The van der Waals surface area contributed by atoms with Gasteiger partial charge in [-0.25, -0.2) is 4.79 Å². The zero-order valence-corrected chi connectivity index (χ0v) is 25.0. The molecule has 0 aliphatic carbocycles. The second-order valence-corrected chi connectivity index (χ2v) is 11.5. The van der Waals surface area contributed by atoms with Gasteiger partial charge in [0.05, 0.1) is 42.0 Å². The summed E-state index contributed by atoms with van der Waals surface area (Å²) in [5.74, 6) is -2.12. The molecule has 0 radical (unpaired) electrons. The molecule has 1 atom stereocenters. The highest BCUT2D eigenvalue weighted by molar-refractivity contribution is 7.10. The van der Waals surface area contributed by atoms with E-state index in [4.69, 9.17) is 4.74 Å². The molecule has 4 amide bonds. The number of carboxylic acid groups (broad SMARTS) is 1. The van der Waals surface area contributed by atoms with Gasteiger partial charge in [-0.2, -0.15) is 0 Å². The minimum Gasteiger partial charge on any atom is -0.481 e. The summed E-state index contributed by atoms with van der Waals surface area (Å²) >= 11 is 1.33. The maximum Gasteiger partial charge on any atom is 0.320 e. The van der Waals surface area contributed by atoms with E-state index >= 15 is 0 Å². The van der Waals surface area contributed by atoms with Gasteiger partial charge in [0.25, 0.3) is 17.5 Å². The van der Waals surface area contributed by atoms with E-state index < -0.39 is 28.7 Å². The van der Waals surface area contributed by atoms with Crippen molar-refractivity contribution in [2.75, 3.05) is 62.7 Å². The Balaban J connectivity index is 1.37. The SMILES string of the molecule is O=C(O)CC(NC(=O)c1ccc(N2CCN(C(=O)N3CCOCC3)CC2)c(NC(=O)c2ccc([N+](=O)[O-])cc2)c1)c1cccs1. The summed E-state index contributed by atoms with van der Waals surface area (Å²) in [6.45, 7) is 3.95. The molecular formula is C30H32N6O8S. The van der Waals surface area contributed by atoms with Gasteiger partial charge in [-0.3, -0.25) is 24.5 Å². The van der Waals surface area contributed by atoms with Gasteiger partial charge in [-0.1, -0.05) is 6.07 Å². The summed E-state index contributed by atoms with van der Waals surface area (Å²) < 4.78 is 5.35. The number of carbonyl (C=O) groups is 4. The first kappa shape index (κ1) is 31.4. The number of amides is 4. The van der Waals surface area contributed by atoms with Crippen LogP contribution in [-0.2, 0) is 9.53 Å². The van der Waals surface area contributed by atoms with Gasteiger partial charge >= 0.3 is 12.0 Å². The molecule has 45 heavy (non-hydrogen) atoms. The first-order chi connectivity index (χ1) is 21.7. The number of morpholine rings is 1. The summed E-state index contributed by atoms with van der Waals surface area (Å²) in [7, 11) is 0. The molecule has 0 saturated carbocycles. The maximum atomic E-state index is 13.3. The van der Waals surface area contributed by atoms with Crippen LogP contribution >= 0.6 is 11.3 Å². The summed E-state index contributed by atoms with van der Waals surface area (Å²) in [5, 5.41) is 27.9. The molecule has 3 aromatic rings. The fourth-order valence-corrected chi connectivity index (χ4v) is 5.98. The minimum atomic E-state index is -1.06. The van der Waals surface area contributed by atoms with E-state index in [9.17, 15) is 34.4 Å². The van der Waals surface area contributed by atoms with Crippen molar-refractivity contribution in [3.05, 3.63) is 86.1 Å². The summed E-state index contributed by atoms with van der Waals surface area (Å²) in [6, 6.07) is 12.7. The number of ether oxygens (including phenoxy) is 1. The standard InChI is InChI=1S/C30H32N6O8S/c37-27(38)19-24(26-2-1-17-45-26)32-29(40)21-5-8-25(23(18-21)31-28(39)20-3-6-22(7-4-20)36(42)43)33-9-11-34(12-10-33)30(41)35-13-15-44-16-14-35/h1-8,17-18,24H,9-16,19H2,(H,31,39)(H,32,40)(H,37,38). The summed E-state index contributed by atoms with van der Waals surface area (Å²) in [6.07, 6.45) is -0.304. The molecular weight excluding hydrogens is 604 g/mol. The van der Waals surface area contributed by atoms with Crippen LogP contribution in [0.2, 0.25) is 0 Å². The number of nitro benzene ring substituents is 1. The molecule has 0 spiro atoms. The van der Waals surface area contributed by atoms with E-state index in [2.05, 4.69) is 10.6 Å². The smallest absolute Gasteiger partial charge is 0.320 e. The number of non-ortho nitro benzene ring substituents is 1. The Bertz CT molecular complexity index is 1550. The molecule has 0 bridgehead atoms. The highest BCUT2D eigenvalue weighted by Crippen LogP contribution is 2.30. The third-order valence-electron chi connectivity index (χ3n) is 7.59. The lowest BCUT2D eigenvalue weighted by molar-refractivity contribution is -0.384. The first-order valence-corrected chi connectivity index (χ1v) is 15.2. The van der Waals surface area contributed by atoms with Crippen LogP contribution < -0.4 is 15.5 Å². The van der Waals surface area contributed by atoms with E-state index in [0.29, 0.717) is 68.7 Å². The Morgan fingerprint density at radius 2 is 1.58 bits per heavy atom. The fourth-order valence-electron chi connectivity index (χ4n) is 5.20. The molecule has 2 aliphatic rings. The lowest BCUT2D eigenvalue weighted by Crippen LogP contribution is -2.54. The van der Waals surface area contributed by atoms with Gasteiger partial charge in [-0.05, 0) is 41.8 Å². The largest absolute Gasteiger partial charge is 0.481 e. The van der Waals surface area contributed by atoms with Crippen LogP contribution in [0, 0.1) is 10.1 Å². The maximum absolute atomic E-state index is 13.3. The molecule has 1 unspecified atom stereocenters. The van der Waals surface area contributed by atoms with E-state index in [1.807, 2.05) is 4.90 Å². The number of thiophene rings is 1. The van der Waals surface area contributed by atoms with Crippen LogP contribution in [0.5, 0.6) is 0 Å². The number of anilines is 2. The van der Waals surface area contributed by atoms with Crippen molar-refractivity contribution < 1.29 is 33.9 Å². The van der Waals surface area contributed by atoms with E-state index in [1.165, 1.54) is 41.7 Å². The van der Waals surface area contributed by atoms with Gasteiger partial charge in [0, 0.05) is 67.4 Å². The van der Waals surface area contributed by atoms with Crippen LogP contribution in [0.3, 0.4) is 0 Å². The number of benzene rings is 2. The normalized spacial score (nSPS) is 15.7. The van der Waals surface area contributed by atoms with Crippen molar-refractivity contribution in [1.82, 2.24) is 15.1 Å². The molecule has 2 saturated heterocycles. The minimum absolute atomic E-state index is 0.0432. The second-order valence-electron chi connectivity index (χ2n) is 10.5. The number of hydrogen-bond donors (Lipinski definition) is 3. The van der Waals surface area contributed by atoms with E-state index in [0.717, 1.165) is 0 Å². The number of hydrogen-bond acceptors (Lipinski definition) is 9. The number of aliphatic carboxylic acids is 1. The number of carbonyl (C=O) groups excluding carboxylic acids is 3. The third kappa shape index (κ3) is 7.74. The van der Waals surface area contributed by atoms with Crippen molar-refractivity contribution >= 4 is 52.2 Å². The van der Waals surface area contributed by atoms with Crippen LogP contribution in [0.15, 0.2) is 60.0 Å². The lowest BCUT2D eigenvalue weighted by Gasteiger charge is -2.39. The number of nitrogens with zero attached hydrogens (tertiary/aromatic N) is 4. The highest BCUT2D eigenvalue weighted by atomic mass is 32.1. The molecule has 15 heteroatoms. The van der Waals surface area contributed by atoms with Gasteiger partial charge in [-0.15, -0.1) is 11.3 Å². The summed E-state index contributed by atoms with van der Waals surface area (Å²) in [4.78, 5) is 67.8. The van der Waals surface area contributed by atoms with Crippen molar-refractivity contribution in [2.45, 2.75) is 12.5 Å². The van der Waals surface area contributed by atoms with Gasteiger partial charge < -0.3 is 35.2 Å². The topological polar surface area (TPSA) is 175 Å². The van der Waals surface area contributed by atoms with Crippen LogP contribution in [0.1, 0.15) is 38.1 Å². The van der Waals surface area contributed by atoms with Crippen molar-refractivity contribution in [3.8, 4) is 0 Å². The molecule has 3 heterocycles. The van der Waals surface area contributed by atoms with Gasteiger partial charge in [0.15, 0.2) is 0 Å². The number of piperazine rings is 1. The molecule has 2 aromatic carbocycles. The zero-order chi connectivity index (χ0) is 31.9. The van der Waals surface area contributed by atoms with E-state index in [1.54, 1.807) is 39.4 Å². The lowest BCUT2D eigenvalue weighted by atomic mass is 10.1. The highest BCUT2D eigenvalue weighted by Gasteiger charge is 2.28. The third-order valence-corrected chi connectivity index (χ3v) is 8.58. The molecule has 2 fully saturated rings. The molecule has 2 aliphatic heterocycles. The first-order valence-electron chi connectivity index (χ1n) is 14.3. The molecule has 3 N–H and O–H groups in total. The number of rotatable bonds is 9. The summed E-state index contributed by atoms with van der Waals surface area (Å²) in [5.41, 5.74) is 1.18. The van der Waals surface area contributed by atoms with Crippen molar-refractivity contribution in [3.63, 3.8) is 0 Å². The Morgan fingerprint density at radius 3 is 2.20 bits per heavy atom. The Labute approximate surface area is 262 Å².